The number of nitrogens with two attached hydrogens (primary N) is 1. The van der Waals surface area contributed by atoms with E-state index in [0.717, 1.165) is 30.8 Å². The van der Waals surface area contributed by atoms with Gasteiger partial charge in [-0.25, -0.2) is 9.67 Å². The van der Waals surface area contributed by atoms with Gasteiger partial charge in [0.05, 0.1) is 5.69 Å². The second kappa shape index (κ2) is 5.59. The highest BCUT2D eigenvalue weighted by molar-refractivity contribution is 5.25. The third-order valence-corrected chi connectivity index (χ3v) is 2.79. The van der Waals surface area contributed by atoms with Crippen LogP contribution in [0.4, 0.5) is 0 Å². The predicted molar refractivity (Wildman–Crippen MR) is 67.8 cm³/mol. The van der Waals surface area contributed by atoms with Gasteiger partial charge in [-0.05, 0) is 24.6 Å². The molecule has 0 amide bonds. The van der Waals surface area contributed by atoms with Crippen molar-refractivity contribution in [1.29, 1.82) is 0 Å². The van der Waals surface area contributed by atoms with E-state index in [1.807, 2.05) is 28.9 Å². The summed E-state index contributed by atoms with van der Waals surface area (Å²) in [4.78, 5) is 4.29. The molecule has 17 heavy (non-hydrogen) atoms. The highest BCUT2D eigenvalue weighted by Gasteiger charge is 2.12. The van der Waals surface area contributed by atoms with Crippen LogP contribution in [0.25, 0.3) is 5.82 Å². The second-order valence-electron chi connectivity index (χ2n) is 4.10. The average Bonchev–Trinajstić information content (AvgIpc) is 2.86. The quantitative estimate of drug-likeness (QED) is 0.858. The Morgan fingerprint density at radius 3 is 2.88 bits per heavy atom. The van der Waals surface area contributed by atoms with E-state index in [0.29, 0.717) is 0 Å². The minimum atomic E-state index is 0.0273. The summed E-state index contributed by atoms with van der Waals surface area (Å²) in [6.07, 6.45) is 6.81. The zero-order chi connectivity index (χ0) is 12.1. The van der Waals surface area contributed by atoms with Gasteiger partial charge in [-0.15, -0.1) is 0 Å². The van der Waals surface area contributed by atoms with Crippen molar-refractivity contribution in [2.75, 3.05) is 0 Å². The molecule has 0 fully saturated rings. The Labute approximate surface area is 101 Å². The summed E-state index contributed by atoms with van der Waals surface area (Å²) < 4.78 is 1.82. The Hall–Kier alpha value is -1.68. The van der Waals surface area contributed by atoms with Crippen LogP contribution in [0.2, 0.25) is 0 Å². The number of hydrogen-bond acceptors (Lipinski definition) is 3. The maximum atomic E-state index is 6.18. The van der Waals surface area contributed by atoms with Crippen LogP contribution in [0.3, 0.4) is 0 Å². The van der Waals surface area contributed by atoms with Gasteiger partial charge in [0.2, 0.25) is 0 Å². The first-order chi connectivity index (χ1) is 8.33. The minimum Gasteiger partial charge on any atom is -0.323 e. The Morgan fingerprint density at radius 1 is 1.29 bits per heavy atom. The van der Waals surface area contributed by atoms with Crippen LogP contribution < -0.4 is 5.73 Å². The lowest BCUT2D eigenvalue weighted by Gasteiger charge is -2.13. The molecule has 2 heterocycles. The van der Waals surface area contributed by atoms with Crippen LogP contribution in [-0.4, -0.2) is 14.8 Å². The molecular weight excluding hydrogens is 212 g/mol. The van der Waals surface area contributed by atoms with E-state index in [1.54, 1.807) is 12.4 Å². The van der Waals surface area contributed by atoms with Crippen molar-refractivity contribution in [3.63, 3.8) is 0 Å². The number of aromatic nitrogens is 3. The van der Waals surface area contributed by atoms with Crippen molar-refractivity contribution < 1.29 is 0 Å². The van der Waals surface area contributed by atoms with Crippen LogP contribution in [-0.2, 0) is 0 Å². The number of pyridine rings is 1. The lowest BCUT2D eigenvalue weighted by molar-refractivity contribution is 0.570. The van der Waals surface area contributed by atoms with Crippen molar-refractivity contribution in [3.8, 4) is 5.82 Å². The Balaban J connectivity index is 2.23. The van der Waals surface area contributed by atoms with Gasteiger partial charge in [-0.3, -0.25) is 0 Å². The molecule has 0 saturated carbocycles. The summed E-state index contributed by atoms with van der Waals surface area (Å²) in [6.45, 7) is 2.17. The first kappa shape index (κ1) is 11.8. The van der Waals surface area contributed by atoms with Gasteiger partial charge in [-0.1, -0.05) is 25.8 Å². The fraction of sp³-hybridized carbons (Fsp3) is 0.385. The summed E-state index contributed by atoms with van der Waals surface area (Å²) in [5.41, 5.74) is 7.20. The first-order valence-corrected chi connectivity index (χ1v) is 6.04. The van der Waals surface area contributed by atoms with Gasteiger partial charge in [0.15, 0.2) is 5.82 Å². The molecule has 1 atom stereocenters. The largest absolute Gasteiger partial charge is 0.323 e. The molecule has 90 valence electrons. The summed E-state index contributed by atoms with van der Waals surface area (Å²) in [5.74, 6) is 0.819. The van der Waals surface area contributed by atoms with Gasteiger partial charge in [0.1, 0.15) is 0 Å². The summed E-state index contributed by atoms with van der Waals surface area (Å²) >= 11 is 0. The maximum absolute atomic E-state index is 6.18. The fourth-order valence-electron chi connectivity index (χ4n) is 1.84. The molecule has 2 rings (SSSR count). The second-order valence-corrected chi connectivity index (χ2v) is 4.10. The van der Waals surface area contributed by atoms with Crippen molar-refractivity contribution in [3.05, 3.63) is 42.4 Å². The van der Waals surface area contributed by atoms with Crippen LogP contribution in [0.1, 0.15) is 37.9 Å². The van der Waals surface area contributed by atoms with Gasteiger partial charge in [0.25, 0.3) is 0 Å². The SMILES string of the molecule is CCCCC(N)c1ccnn1-c1ccccn1. The normalized spacial score (nSPS) is 12.6. The van der Waals surface area contributed by atoms with Crippen molar-refractivity contribution in [2.45, 2.75) is 32.2 Å². The van der Waals surface area contributed by atoms with Crippen molar-refractivity contribution in [2.24, 2.45) is 5.73 Å². The molecule has 2 aromatic heterocycles. The van der Waals surface area contributed by atoms with E-state index in [2.05, 4.69) is 17.0 Å². The molecule has 0 saturated heterocycles. The van der Waals surface area contributed by atoms with E-state index < -0.39 is 0 Å². The fourth-order valence-corrected chi connectivity index (χ4v) is 1.84. The smallest absolute Gasteiger partial charge is 0.153 e. The van der Waals surface area contributed by atoms with E-state index in [-0.39, 0.29) is 6.04 Å². The van der Waals surface area contributed by atoms with Gasteiger partial charge >= 0.3 is 0 Å². The minimum absolute atomic E-state index is 0.0273. The Morgan fingerprint density at radius 2 is 2.18 bits per heavy atom. The lowest BCUT2D eigenvalue weighted by Crippen LogP contribution is -2.16. The molecule has 0 bridgehead atoms. The monoisotopic (exact) mass is 230 g/mol. The van der Waals surface area contributed by atoms with Gasteiger partial charge in [0, 0.05) is 18.4 Å². The molecule has 4 nitrogen and oxygen atoms in total. The van der Waals surface area contributed by atoms with E-state index in [1.165, 1.54) is 0 Å². The first-order valence-electron chi connectivity index (χ1n) is 6.04. The topological polar surface area (TPSA) is 56.7 Å². The number of unbranched alkanes of at least 4 members (excludes halogenated alkanes) is 1. The molecule has 0 aliphatic carbocycles. The maximum Gasteiger partial charge on any atom is 0.153 e. The molecule has 2 aromatic rings. The molecule has 0 radical (unpaired) electrons. The van der Waals surface area contributed by atoms with E-state index >= 15 is 0 Å². The lowest BCUT2D eigenvalue weighted by atomic mass is 10.1. The van der Waals surface area contributed by atoms with Gasteiger partial charge < -0.3 is 5.73 Å². The third-order valence-electron chi connectivity index (χ3n) is 2.79. The summed E-state index contributed by atoms with van der Waals surface area (Å²) in [7, 11) is 0. The standard InChI is InChI=1S/C13H18N4/c1-2-3-6-11(14)12-8-10-16-17(12)13-7-4-5-9-15-13/h4-5,7-11H,2-3,6,14H2,1H3. The molecule has 4 heteroatoms. The zero-order valence-corrected chi connectivity index (χ0v) is 10.1. The molecule has 2 N–H and O–H groups in total. The van der Waals surface area contributed by atoms with E-state index in [9.17, 15) is 0 Å². The molecule has 0 aromatic carbocycles. The van der Waals surface area contributed by atoms with Gasteiger partial charge in [-0.2, -0.15) is 5.10 Å². The Kier molecular flexibility index (Phi) is 3.88. The van der Waals surface area contributed by atoms with Crippen LogP contribution in [0.5, 0.6) is 0 Å². The average molecular weight is 230 g/mol. The van der Waals surface area contributed by atoms with Crippen LogP contribution >= 0.6 is 0 Å². The zero-order valence-electron chi connectivity index (χ0n) is 10.1. The molecule has 0 spiro atoms. The predicted octanol–water partition coefficient (Wildman–Crippen LogP) is 2.46. The molecule has 1 unspecified atom stereocenters. The van der Waals surface area contributed by atoms with Crippen molar-refractivity contribution in [1.82, 2.24) is 14.8 Å². The number of rotatable bonds is 5. The molecule has 0 aliphatic rings. The van der Waals surface area contributed by atoms with E-state index in [4.69, 9.17) is 5.73 Å². The highest BCUT2D eigenvalue weighted by atomic mass is 15.3. The highest BCUT2D eigenvalue weighted by Crippen LogP contribution is 2.18. The summed E-state index contributed by atoms with van der Waals surface area (Å²) in [5, 5.41) is 4.29. The third kappa shape index (κ3) is 2.71. The number of nitrogens with zero attached hydrogens (tertiary/aromatic N) is 3. The van der Waals surface area contributed by atoms with Crippen molar-refractivity contribution >= 4 is 0 Å². The summed E-state index contributed by atoms with van der Waals surface area (Å²) in [6, 6.07) is 7.77. The van der Waals surface area contributed by atoms with Crippen LogP contribution in [0, 0.1) is 0 Å². The molecular formula is C13H18N4. The Bertz CT molecular complexity index is 449. The van der Waals surface area contributed by atoms with Crippen LogP contribution in [0.15, 0.2) is 36.7 Å². The number of hydrogen-bond donors (Lipinski definition) is 1. The molecule has 0 aliphatic heterocycles.